The summed E-state index contributed by atoms with van der Waals surface area (Å²) in [6, 6.07) is 38.0. The number of rotatable bonds is 7. The van der Waals surface area contributed by atoms with Crippen LogP contribution in [0.3, 0.4) is 0 Å². The molecule has 41 heavy (non-hydrogen) atoms. The molecule has 10 heteroatoms. The minimum absolute atomic E-state index is 0.00474. The average molecular weight is 598 g/mol. The fraction of sp³-hybridized carbons (Fsp3) is 0. The van der Waals surface area contributed by atoms with E-state index in [1.807, 2.05) is 54.6 Å². The number of hydrogen-bond donors (Lipinski definition) is 0. The van der Waals surface area contributed by atoms with Gasteiger partial charge in [-0.1, -0.05) is 42.1 Å². The molecule has 0 heterocycles. The molecule has 0 fully saturated rings. The van der Waals surface area contributed by atoms with Crippen molar-refractivity contribution in [3.63, 3.8) is 0 Å². The molecule has 1 nitrogen and oxygen atoms in total. The maximum Gasteiger partial charge on any atom is 0.673 e. The number of halogens is 6. The molecule has 0 radical (unpaired) electrons. The van der Waals surface area contributed by atoms with E-state index < -0.39 is 18.1 Å². The van der Waals surface area contributed by atoms with Crippen molar-refractivity contribution in [1.82, 2.24) is 0 Å². The number of carbonyl (C=O) groups is 1. The average Bonchev–Trinajstić information content (AvgIpc) is 2.96. The van der Waals surface area contributed by atoms with E-state index in [9.17, 15) is 30.8 Å². The minimum atomic E-state index is -6.00. The smallest absolute Gasteiger partial charge is 0.418 e. The molecule has 208 valence electrons. The van der Waals surface area contributed by atoms with E-state index in [1.54, 1.807) is 36.0 Å². The highest BCUT2D eigenvalue weighted by Gasteiger charge is 2.28. The van der Waals surface area contributed by atoms with Crippen molar-refractivity contribution in [2.75, 3.05) is 0 Å². The van der Waals surface area contributed by atoms with Crippen LogP contribution in [-0.4, -0.2) is 13.0 Å². The molecule has 0 atom stereocenters. The molecular weight excluding hydrogens is 577 g/mol. The first-order valence-electron chi connectivity index (χ1n) is 12.2. The van der Waals surface area contributed by atoms with Crippen LogP contribution in [0.15, 0.2) is 152 Å². The summed E-state index contributed by atoms with van der Waals surface area (Å²) in [7, 11) is -6.49. The zero-order chi connectivity index (χ0) is 29.4. The summed E-state index contributed by atoms with van der Waals surface area (Å²) in [5.41, 5.74) is 1.33. The molecule has 0 aliphatic carbocycles. The largest absolute Gasteiger partial charge is 0.673 e. The Bertz CT molecular complexity index is 1510. The minimum Gasteiger partial charge on any atom is -0.418 e. The molecule has 0 aliphatic heterocycles. The normalized spacial score (nSPS) is 11.1. The third kappa shape index (κ3) is 9.06. The van der Waals surface area contributed by atoms with Gasteiger partial charge in [-0.2, -0.15) is 0 Å². The highest BCUT2D eigenvalue weighted by Crippen LogP contribution is 2.34. The molecule has 0 N–H and O–H groups in total. The Hall–Kier alpha value is -3.89. The van der Waals surface area contributed by atoms with Crippen LogP contribution in [0.2, 0.25) is 0 Å². The molecule has 0 aromatic heterocycles. The van der Waals surface area contributed by atoms with Crippen molar-refractivity contribution in [3.05, 3.63) is 150 Å². The van der Waals surface area contributed by atoms with E-state index in [0.29, 0.717) is 11.1 Å². The fourth-order valence-electron chi connectivity index (χ4n) is 3.76. The first-order chi connectivity index (χ1) is 19.6. The van der Waals surface area contributed by atoms with E-state index in [-0.39, 0.29) is 17.4 Å². The van der Waals surface area contributed by atoms with Crippen LogP contribution in [-0.2, 0) is 10.9 Å². The molecule has 5 aromatic carbocycles. The molecule has 5 rings (SSSR count). The molecule has 0 saturated carbocycles. The molecule has 0 saturated heterocycles. The van der Waals surface area contributed by atoms with Gasteiger partial charge in [-0.15, -0.1) is 0 Å². The van der Waals surface area contributed by atoms with Gasteiger partial charge >= 0.3 is 7.25 Å². The van der Waals surface area contributed by atoms with E-state index >= 15 is 0 Å². The predicted octanol–water partition coefficient (Wildman–Crippen LogP) is 9.74. The number of carbonyl (C=O) groups excluding carboxylic acids is 1. The number of benzene rings is 5. The van der Waals surface area contributed by atoms with Gasteiger partial charge in [-0.05, 0) is 97.1 Å². The van der Waals surface area contributed by atoms with Crippen molar-refractivity contribution < 1.29 is 30.8 Å². The molecule has 0 spiro atoms. The van der Waals surface area contributed by atoms with Crippen LogP contribution in [0.25, 0.3) is 0 Å². The Morgan fingerprint density at radius 3 is 1.27 bits per heavy atom. The Balaban J connectivity index is 0.000000714. The highest BCUT2D eigenvalue weighted by molar-refractivity contribution is 7.99. The SMILES string of the molecule is F[B-](F)(F)F.O=C(c1ccccc1)c1ccc(Sc2ccc([S+](c3ccc(F)cc3)c3ccc(F)cc3)cc2)cc1. The van der Waals surface area contributed by atoms with E-state index in [1.165, 1.54) is 24.3 Å². The van der Waals surface area contributed by atoms with E-state index in [2.05, 4.69) is 24.3 Å². The van der Waals surface area contributed by atoms with Crippen molar-refractivity contribution in [2.45, 2.75) is 24.5 Å². The molecule has 0 bridgehead atoms. The van der Waals surface area contributed by atoms with Gasteiger partial charge in [0, 0.05) is 20.9 Å². The topological polar surface area (TPSA) is 17.1 Å². The van der Waals surface area contributed by atoms with Gasteiger partial charge in [0.15, 0.2) is 20.5 Å². The van der Waals surface area contributed by atoms with Gasteiger partial charge in [0.05, 0.1) is 10.9 Å². The van der Waals surface area contributed by atoms with Crippen LogP contribution in [0.5, 0.6) is 0 Å². The lowest BCUT2D eigenvalue weighted by molar-refractivity contribution is 0.103. The first-order valence-corrected chi connectivity index (χ1v) is 14.2. The Kier molecular flexibility index (Phi) is 10.0. The molecular formula is C31H21BF6OS2. The number of ketones is 1. The van der Waals surface area contributed by atoms with Crippen molar-refractivity contribution in [2.24, 2.45) is 0 Å². The van der Waals surface area contributed by atoms with Crippen LogP contribution in [0, 0.1) is 11.6 Å². The molecule has 0 unspecified atom stereocenters. The van der Waals surface area contributed by atoms with Crippen molar-refractivity contribution >= 4 is 35.7 Å². The van der Waals surface area contributed by atoms with E-state index in [0.717, 1.165) is 24.5 Å². The fourth-order valence-corrected chi connectivity index (χ4v) is 6.62. The van der Waals surface area contributed by atoms with Gasteiger partial charge in [0.25, 0.3) is 0 Å². The van der Waals surface area contributed by atoms with Crippen LogP contribution in [0.1, 0.15) is 15.9 Å². The second-order valence-corrected chi connectivity index (χ2v) is 11.7. The third-order valence-corrected chi connectivity index (χ3v) is 8.79. The quantitative estimate of drug-likeness (QED) is 0.0803. The monoisotopic (exact) mass is 598 g/mol. The maximum absolute atomic E-state index is 13.6. The standard InChI is InChI=1S/C31H21F2OS2.BF4/c32-24-8-16-28(17-9-24)36(29-18-10-25(33)11-19-29)30-20-14-27(15-21-30)35-26-12-6-23(7-13-26)31(34)22-4-2-1-3-5-22;2-1(3,4)5/h1-21H;/q+1;-1. The Morgan fingerprint density at radius 1 is 0.512 bits per heavy atom. The Labute approximate surface area is 240 Å². The van der Waals surface area contributed by atoms with Gasteiger partial charge < -0.3 is 17.3 Å². The summed E-state index contributed by atoms with van der Waals surface area (Å²) in [4.78, 5) is 17.7. The molecule has 0 aliphatic rings. The second-order valence-electron chi connectivity index (χ2n) is 8.50. The molecule has 5 aromatic rings. The zero-order valence-corrected chi connectivity index (χ0v) is 22.8. The van der Waals surface area contributed by atoms with Crippen molar-refractivity contribution in [3.8, 4) is 0 Å². The van der Waals surface area contributed by atoms with Crippen LogP contribution < -0.4 is 0 Å². The summed E-state index contributed by atoms with van der Waals surface area (Å²) in [5, 5.41) is 0. The third-order valence-electron chi connectivity index (χ3n) is 5.55. The van der Waals surface area contributed by atoms with Crippen LogP contribution in [0.4, 0.5) is 26.0 Å². The lowest BCUT2D eigenvalue weighted by Crippen LogP contribution is -2.05. The van der Waals surface area contributed by atoms with Gasteiger partial charge in [0.1, 0.15) is 11.6 Å². The first kappa shape index (κ1) is 30.1. The van der Waals surface area contributed by atoms with Gasteiger partial charge in [-0.3, -0.25) is 4.79 Å². The molecule has 0 amide bonds. The summed E-state index contributed by atoms with van der Waals surface area (Å²) in [6.07, 6.45) is 0. The highest BCUT2D eigenvalue weighted by atomic mass is 32.2. The lowest BCUT2D eigenvalue weighted by Gasteiger charge is -2.09. The predicted molar refractivity (Wildman–Crippen MR) is 152 cm³/mol. The Morgan fingerprint density at radius 2 is 0.854 bits per heavy atom. The van der Waals surface area contributed by atoms with Gasteiger partial charge in [-0.25, -0.2) is 8.78 Å². The summed E-state index contributed by atoms with van der Waals surface area (Å²) >= 11 is 1.61. The lowest BCUT2D eigenvalue weighted by atomic mass is 10.0. The summed E-state index contributed by atoms with van der Waals surface area (Å²) in [6.45, 7) is 0. The summed E-state index contributed by atoms with van der Waals surface area (Å²) < 4.78 is 66.1. The second kappa shape index (κ2) is 13.7. The summed E-state index contributed by atoms with van der Waals surface area (Å²) in [5.74, 6) is -0.570. The van der Waals surface area contributed by atoms with Crippen LogP contribution >= 0.6 is 11.8 Å². The number of hydrogen-bond acceptors (Lipinski definition) is 2. The zero-order valence-electron chi connectivity index (χ0n) is 21.2. The maximum atomic E-state index is 13.6. The van der Waals surface area contributed by atoms with Crippen molar-refractivity contribution in [1.29, 1.82) is 0 Å². The van der Waals surface area contributed by atoms with Gasteiger partial charge in [0.2, 0.25) is 0 Å². The van der Waals surface area contributed by atoms with E-state index in [4.69, 9.17) is 0 Å².